The van der Waals surface area contributed by atoms with E-state index >= 15 is 0 Å². The van der Waals surface area contributed by atoms with E-state index in [0.717, 1.165) is 5.56 Å². The molecule has 1 rings (SSSR count). The first-order valence-electron chi connectivity index (χ1n) is 8.29. The fourth-order valence-corrected chi connectivity index (χ4v) is 4.00. The third kappa shape index (κ3) is 6.61. The van der Waals surface area contributed by atoms with Gasteiger partial charge < -0.3 is 20.1 Å². The molecule has 3 N–H and O–H groups in total. The van der Waals surface area contributed by atoms with Crippen LogP contribution in [-0.2, 0) is 24.6 Å². The van der Waals surface area contributed by atoms with Crippen LogP contribution in [0.15, 0.2) is 24.3 Å². The lowest BCUT2D eigenvalue weighted by molar-refractivity contribution is -0.120. The quantitative estimate of drug-likeness (QED) is 0.616. The molecule has 0 heterocycles. The van der Waals surface area contributed by atoms with Crippen molar-refractivity contribution in [1.82, 2.24) is 5.32 Å². The van der Waals surface area contributed by atoms with Crippen LogP contribution in [0.3, 0.4) is 0 Å². The molecule has 0 aliphatic carbocycles. The molecule has 0 saturated heterocycles. The second-order valence-corrected chi connectivity index (χ2v) is 7.95. The largest absolute Gasteiger partial charge is 0.368 e. The van der Waals surface area contributed by atoms with Crippen LogP contribution in [0, 0.1) is 5.92 Å². The molecule has 7 nitrogen and oxygen atoms in total. The number of rotatable bonds is 10. The Kier molecular flexibility index (Phi) is 8.29. The first-order valence-corrected chi connectivity index (χ1v) is 10.0. The van der Waals surface area contributed by atoms with Gasteiger partial charge in [0.25, 0.3) is 5.91 Å². The van der Waals surface area contributed by atoms with E-state index in [1.54, 1.807) is 52.0 Å². The van der Waals surface area contributed by atoms with Crippen molar-refractivity contribution < 1.29 is 23.2 Å². The Morgan fingerprint density at radius 3 is 2.04 bits per heavy atom. The Labute approximate surface area is 148 Å². The van der Waals surface area contributed by atoms with Crippen LogP contribution < -0.4 is 11.1 Å². The highest BCUT2D eigenvalue weighted by molar-refractivity contribution is 7.53. The van der Waals surface area contributed by atoms with Gasteiger partial charge in [-0.3, -0.25) is 14.2 Å². The summed E-state index contributed by atoms with van der Waals surface area (Å²) in [5.41, 5.74) is 6.42. The highest BCUT2D eigenvalue weighted by Crippen LogP contribution is 2.51. The molecule has 0 fully saturated rings. The molecule has 0 aliphatic rings. The average molecular weight is 370 g/mol. The highest BCUT2D eigenvalue weighted by Gasteiger charge is 2.25. The van der Waals surface area contributed by atoms with Crippen molar-refractivity contribution in [3.63, 3.8) is 0 Å². The minimum absolute atomic E-state index is 0.107. The minimum atomic E-state index is -3.19. The normalized spacial score (nSPS) is 12.8. The van der Waals surface area contributed by atoms with Gasteiger partial charge in [0.1, 0.15) is 6.04 Å². The topological polar surface area (TPSA) is 108 Å². The number of hydrogen-bond acceptors (Lipinski definition) is 5. The van der Waals surface area contributed by atoms with Crippen molar-refractivity contribution in [1.29, 1.82) is 0 Å². The summed E-state index contributed by atoms with van der Waals surface area (Å²) in [5, 5.41) is 2.62. The Hall–Kier alpha value is -1.69. The van der Waals surface area contributed by atoms with Crippen molar-refractivity contribution in [2.24, 2.45) is 11.7 Å². The van der Waals surface area contributed by atoms with Gasteiger partial charge in [-0.1, -0.05) is 26.0 Å². The molecule has 0 saturated carbocycles. The Morgan fingerprint density at radius 2 is 1.64 bits per heavy atom. The van der Waals surface area contributed by atoms with E-state index < -0.39 is 19.5 Å². The first-order chi connectivity index (χ1) is 11.7. The van der Waals surface area contributed by atoms with Gasteiger partial charge in [-0.05, 0) is 37.5 Å². The predicted octanol–water partition coefficient (Wildman–Crippen LogP) is 2.69. The summed E-state index contributed by atoms with van der Waals surface area (Å²) in [6, 6.07) is 5.85. The average Bonchev–Trinajstić information content (AvgIpc) is 2.52. The summed E-state index contributed by atoms with van der Waals surface area (Å²) in [6.07, 6.45) is 0.131. The van der Waals surface area contributed by atoms with Gasteiger partial charge in [-0.2, -0.15) is 0 Å². The maximum atomic E-state index is 12.5. The molecule has 8 heteroatoms. The first kappa shape index (κ1) is 21.4. The van der Waals surface area contributed by atoms with Crippen molar-refractivity contribution in [3.8, 4) is 0 Å². The van der Waals surface area contributed by atoms with Gasteiger partial charge in [0, 0.05) is 5.56 Å². The third-order valence-electron chi connectivity index (χ3n) is 3.50. The second kappa shape index (κ2) is 9.70. The smallest absolute Gasteiger partial charge is 0.335 e. The molecular weight excluding hydrogens is 343 g/mol. The lowest BCUT2D eigenvalue weighted by atomic mass is 10.0. The fraction of sp³-hybridized carbons (Fsp3) is 0.529. The summed E-state index contributed by atoms with van der Waals surface area (Å²) in [6.45, 7) is 7.70. The van der Waals surface area contributed by atoms with E-state index in [9.17, 15) is 14.2 Å². The molecule has 0 aromatic heterocycles. The molecule has 1 atom stereocenters. The molecule has 0 radical (unpaired) electrons. The summed E-state index contributed by atoms with van der Waals surface area (Å²) < 4.78 is 23.0. The molecule has 140 valence electrons. The van der Waals surface area contributed by atoms with Crippen LogP contribution in [0.1, 0.15) is 43.6 Å². The standard InChI is InChI=1S/C17H27N2O5P/c1-5-23-25(22,24-6-2)11-13-7-9-14(10-8-13)17(21)19-15(12(3)4)16(18)20/h7-10,12,15H,5-6,11H2,1-4H3,(H2,18,20)(H,19,21)/t15-/m0/s1. The van der Waals surface area contributed by atoms with Crippen LogP contribution in [0.2, 0.25) is 0 Å². The Morgan fingerprint density at radius 1 is 1.12 bits per heavy atom. The van der Waals surface area contributed by atoms with Crippen molar-refractivity contribution in [3.05, 3.63) is 35.4 Å². The van der Waals surface area contributed by atoms with E-state index in [2.05, 4.69) is 5.32 Å². The van der Waals surface area contributed by atoms with Gasteiger partial charge in [0.15, 0.2) is 0 Å². The molecule has 25 heavy (non-hydrogen) atoms. The molecular formula is C17H27N2O5P. The van der Waals surface area contributed by atoms with Crippen LogP contribution in [-0.4, -0.2) is 31.1 Å². The Bertz CT molecular complexity index is 620. The predicted molar refractivity (Wildman–Crippen MR) is 96.3 cm³/mol. The zero-order valence-corrected chi connectivity index (χ0v) is 16.0. The lowest BCUT2D eigenvalue weighted by Crippen LogP contribution is -2.47. The number of hydrogen-bond donors (Lipinski definition) is 2. The van der Waals surface area contributed by atoms with Crippen molar-refractivity contribution in [2.45, 2.75) is 39.9 Å². The van der Waals surface area contributed by atoms with Crippen LogP contribution in [0.25, 0.3) is 0 Å². The maximum Gasteiger partial charge on any atom is 0.335 e. The van der Waals surface area contributed by atoms with Crippen molar-refractivity contribution >= 4 is 19.4 Å². The van der Waals surface area contributed by atoms with Crippen LogP contribution in [0.5, 0.6) is 0 Å². The zero-order chi connectivity index (χ0) is 19.0. The van der Waals surface area contributed by atoms with E-state index in [1.807, 2.05) is 0 Å². The molecule has 1 aromatic carbocycles. The van der Waals surface area contributed by atoms with Gasteiger partial charge in [0.05, 0.1) is 19.4 Å². The number of carbonyl (C=O) groups is 2. The van der Waals surface area contributed by atoms with E-state index in [0.29, 0.717) is 18.8 Å². The van der Waals surface area contributed by atoms with Gasteiger partial charge in [-0.25, -0.2) is 0 Å². The van der Waals surface area contributed by atoms with E-state index in [4.69, 9.17) is 14.8 Å². The van der Waals surface area contributed by atoms with Gasteiger partial charge in [0.2, 0.25) is 5.91 Å². The molecule has 1 aromatic rings. The van der Waals surface area contributed by atoms with Gasteiger partial charge in [-0.15, -0.1) is 0 Å². The zero-order valence-electron chi connectivity index (χ0n) is 15.2. The lowest BCUT2D eigenvalue weighted by Gasteiger charge is -2.19. The molecule has 0 aliphatic heterocycles. The Balaban J connectivity index is 2.83. The number of benzene rings is 1. The molecule has 0 spiro atoms. The minimum Gasteiger partial charge on any atom is -0.368 e. The number of nitrogens with one attached hydrogen (secondary N) is 1. The summed E-state index contributed by atoms with van der Waals surface area (Å²) in [4.78, 5) is 23.6. The number of primary amides is 1. The van der Waals surface area contributed by atoms with E-state index in [-0.39, 0.29) is 18.0 Å². The number of amides is 2. The van der Waals surface area contributed by atoms with Crippen molar-refractivity contribution in [2.75, 3.05) is 13.2 Å². The SMILES string of the molecule is CCOP(=O)(Cc1ccc(C(=O)N[C@H](C(N)=O)C(C)C)cc1)OCC. The highest BCUT2D eigenvalue weighted by atomic mass is 31.2. The second-order valence-electron chi connectivity index (χ2n) is 5.90. The van der Waals surface area contributed by atoms with E-state index in [1.165, 1.54) is 0 Å². The summed E-state index contributed by atoms with van der Waals surface area (Å²) in [5.74, 6) is -1.07. The maximum absolute atomic E-state index is 12.5. The van der Waals surface area contributed by atoms with Gasteiger partial charge >= 0.3 is 7.60 Å². The number of nitrogens with two attached hydrogens (primary N) is 1. The fourth-order valence-electron chi connectivity index (χ4n) is 2.30. The molecule has 0 unspecified atom stereocenters. The van der Waals surface area contributed by atoms with Crippen LogP contribution in [0.4, 0.5) is 0 Å². The monoisotopic (exact) mass is 370 g/mol. The number of carbonyl (C=O) groups excluding carboxylic acids is 2. The van der Waals surface area contributed by atoms with Crippen LogP contribution >= 0.6 is 7.60 Å². The molecule has 2 amide bonds. The third-order valence-corrected chi connectivity index (χ3v) is 5.56. The summed E-state index contributed by atoms with van der Waals surface area (Å²) >= 11 is 0. The molecule has 0 bridgehead atoms. The summed E-state index contributed by atoms with van der Waals surface area (Å²) in [7, 11) is -3.19.